The summed E-state index contributed by atoms with van der Waals surface area (Å²) in [5, 5.41) is 0. The monoisotopic (exact) mass is 937 g/mol. The van der Waals surface area contributed by atoms with Crippen molar-refractivity contribution in [2.24, 2.45) is 0 Å². The van der Waals surface area contributed by atoms with E-state index in [0.29, 0.717) is 0 Å². The highest BCUT2D eigenvalue weighted by Crippen LogP contribution is 2.31. The minimum atomic E-state index is -7.22. The Hall–Kier alpha value is -5.78. The zero-order valence-electron chi connectivity index (χ0n) is 29.3. The molecule has 24 heteroatoms. The molecule has 0 aliphatic heterocycles. The van der Waals surface area contributed by atoms with E-state index in [2.05, 4.69) is 65.7 Å². The highest BCUT2D eigenvalue weighted by molar-refractivity contribution is 7.82. The number of para-hydroxylation sites is 1. The van der Waals surface area contributed by atoms with Gasteiger partial charge in [-0.2, -0.15) is 4.57 Å². The molecule has 1 aromatic heterocycles. The van der Waals surface area contributed by atoms with E-state index in [1.54, 1.807) is 11.3 Å². The van der Waals surface area contributed by atoms with Crippen LogP contribution in [0.3, 0.4) is 0 Å². The molecule has 0 saturated carbocycles. The van der Waals surface area contributed by atoms with Crippen LogP contribution in [0.5, 0.6) is 0 Å². The minimum Gasteiger partial charge on any atom is -0.207 e. The maximum absolute atomic E-state index is 15.4. The van der Waals surface area contributed by atoms with Crippen molar-refractivity contribution in [3.63, 3.8) is 0 Å². The van der Waals surface area contributed by atoms with Crippen LogP contribution in [0.4, 0.5) is 87.8 Å². The first-order valence-electron chi connectivity index (χ1n) is 16.4. The molecule has 1 nitrogen and oxygen atoms in total. The molecule has 0 N–H and O–H groups in total. The molecule has 0 amide bonds. The Morgan fingerprint density at radius 2 is 0.613 bits per heavy atom. The van der Waals surface area contributed by atoms with Gasteiger partial charge in [0.25, 0.3) is 4.34 Å². The molecule has 0 aliphatic carbocycles. The smallest absolute Gasteiger partial charge is 0.207 e. The van der Waals surface area contributed by atoms with E-state index in [-0.39, 0.29) is 0 Å². The summed E-state index contributed by atoms with van der Waals surface area (Å²) < 4.78 is 299. The van der Waals surface area contributed by atoms with E-state index in [0.717, 1.165) is 10.9 Å². The van der Waals surface area contributed by atoms with E-state index in [4.69, 9.17) is 0 Å². The van der Waals surface area contributed by atoms with Crippen LogP contribution in [-0.2, 0) is 6.54 Å². The van der Waals surface area contributed by atoms with Crippen LogP contribution in [0.15, 0.2) is 58.9 Å². The Kier molecular flexibility index (Phi) is 12.4. The van der Waals surface area contributed by atoms with Gasteiger partial charge in [-0.1, -0.05) is 66.4 Å². The molecule has 0 saturated heterocycles. The number of hydrogen-bond acceptors (Lipinski definition) is 2. The summed E-state index contributed by atoms with van der Waals surface area (Å²) in [5.41, 5.74) is -11.8. The van der Waals surface area contributed by atoms with E-state index < -0.39 is 144 Å². The molecule has 0 atom stereocenters. The highest BCUT2D eigenvalue weighted by atomic mass is 32.2. The predicted molar refractivity (Wildman–Crippen MR) is 184 cm³/mol. The topological polar surface area (TPSA) is 3.88 Å². The van der Waals surface area contributed by atoms with Crippen LogP contribution >= 0.6 is 24.0 Å². The van der Waals surface area contributed by atoms with Crippen molar-refractivity contribution in [3.8, 4) is 0 Å². The van der Waals surface area contributed by atoms with Gasteiger partial charge in [0.15, 0.2) is 76.4 Å². The first-order valence-corrected chi connectivity index (χ1v) is 17.7. The van der Waals surface area contributed by atoms with Crippen LogP contribution in [0, 0.1) is 116 Å². The molecular weight excluding hydrogens is 925 g/mol. The van der Waals surface area contributed by atoms with E-state index in [1.807, 2.05) is 6.07 Å². The van der Waals surface area contributed by atoms with Gasteiger partial charge in [0.1, 0.15) is 57.4 Å². The van der Waals surface area contributed by atoms with Crippen LogP contribution in [0.1, 0.15) is 5.56 Å². The average Bonchev–Trinajstić information content (AvgIpc) is 3.57. The summed E-state index contributed by atoms with van der Waals surface area (Å²) >= 11 is 6.29. The Balaban J connectivity index is 0.000000311. The van der Waals surface area contributed by atoms with Gasteiger partial charge in [-0.15, -0.1) is 21.9 Å². The molecule has 324 valence electrons. The van der Waals surface area contributed by atoms with Gasteiger partial charge in [0, 0.05) is 11.6 Å². The van der Waals surface area contributed by atoms with Gasteiger partial charge in [-0.05, 0) is 6.07 Å². The molecule has 0 radical (unpaired) electrons. The fourth-order valence-corrected chi connectivity index (χ4v) is 8.19. The second-order valence-electron chi connectivity index (χ2n) is 12.7. The number of fused-ring (bicyclic) bond motifs is 1. The summed E-state index contributed by atoms with van der Waals surface area (Å²) in [7, 11) is 0. The van der Waals surface area contributed by atoms with Crippen LogP contribution in [0.25, 0.3) is 10.2 Å². The Bertz CT molecular complexity index is 2580. The number of hydrogen-bond donors (Lipinski definition) is 1. The van der Waals surface area contributed by atoms with Crippen LogP contribution in [-0.4, -0.2) is 6.15 Å². The van der Waals surface area contributed by atoms with Crippen molar-refractivity contribution >= 4 is 62.2 Å². The van der Waals surface area contributed by atoms with Gasteiger partial charge >= 0.3 is 0 Å². The van der Waals surface area contributed by atoms with Crippen LogP contribution in [0.2, 0.25) is 0 Å². The van der Waals surface area contributed by atoms with Crippen LogP contribution < -0.4 is 26.4 Å². The molecule has 0 fully saturated rings. The predicted octanol–water partition coefficient (Wildman–Crippen LogP) is 9.37. The van der Waals surface area contributed by atoms with Gasteiger partial charge in [0.05, 0.1) is 0 Å². The summed E-state index contributed by atoms with van der Waals surface area (Å²) in [5.74, 6) is -71.4. The molecule has 0 bridgehead atoms. The molecule has 0 aliphatic rings. The van der Waals surface area contributed by atoms with Crippen molar-refractivity contribution in [1.29, 1.82) is 0 Å². The normalized spacial score (nSPS) is 11.7. The molecule has 62 heavy (non-hydrogen) atoms. The zero-order chi connectivity index (χ0) is 46.0. The SMILES string of the molecule is Fc1c(F)c(F)c([B-](c2c(F)c(F)c(F)c(F)c2F)(c2c(F)c(F)c(F)c(F)c2F)c2c(F)c(F)c(F)c(F)c2F)c(F)c1F.Sc1sc2ccccc2[n+]1Cc1ccccc1. The van der Waals surface area contributed by atoms with E-state index >= 15 is 35.1 Å². The zero-order valence-corrected chi connectivity index (χ0v) is 31.1. The Labute approximate surface area is 341 Å². The number of rotatable bonds is 6. The fraction of sp³-hybridized carbons (Fsp3) is 0.0263. The lowest BCUT2D eigenvalue weighted by Crippen LogP contribution is -2.81. The summed E-state index contributed by atoms with van der Waals surface area (Å²) in [6.07, 6.45) is -7.22. The summed E-state index contributed by atoms with van der Waals surface area (Å²) in [4.78, 5) is 0. The van der Waals surface area contributed by atoms with Gasteiger partial charge in [-0.25, -0.2) is 87.8 Å². The number of halogens is 20. The maximum atomic E-state index is 15.4. The maximum Gasteiger partial charge on any atom is 0.295 e. The van der Waals surface area contributed by atoms with Gasteiger partial charge < -0.3 is 0 Å². The molecule has 0 unspecified atom stereocenters. The van der Waals surface area contributed by atoms with Crippen molar-refractivity contribution in [2.45, 2.75) is 10.9 Å². The standard InChI is InChI=1S/C24BF20.C14H11NS2/c26-5-1(6(27)14(35)21(42)13(5)34)25(2-7(28)15(36)22(43)16(37)8(2)29,3-9(30)17(38)23(44)18(39)10(3)31)4-11(32)19(40)24(45)20(41)12(4)33;16-14-15(10-11-6-2-1-3-7-11)12-8-4-5-9-13(12)17-14/h;1-9H,10H2/q-1;/p+1. The molecule has 0 spiro atoms. The number of thiol groups is 1. The molecule has 6 aromatic carbocycles. The number of nitrogens with zero attached hydrogens (tertiary/aromatic N) is 1. The third-order valence-corrected chi connectivity index (χ3v) is 11.0. The van der Waals surface area contributed by atoms with Crippen molar-refractivity contribution in [1.82, 2.24) is 0 Å². The first kappa shape index (κ1) is 45.7. The number of thiazole rings is 1. The minimum absolute atomic E-state index is 0.879. The third-order valence-electron chi connectivity index (χ3n) is 9.48. The molecule has 7 rings (SSSR count). The second kappa shape index (κ2) is 16.8. The van der Waals surface area contributed by atoms with Gasteiger partial charge in [0.2, 0.25) is 5.52 Å². The summed E-state index contributed by atoms with van der Waals surface area (Å²) in [6, 6.07) is 18.9. The number of aromatic nitrogens is 1. The Morgan fingerprint density at radius 1 is 0.355 bits per heavy atom. The van der Waals surface area contributed by atoms with Crippen molar-refractivity contribution in [2.75, 3.05) is 0 Å². The van der Waals surface area contributed by atoms with Gasteiger partial charge in [-0.3, -0.25) is 0 Å². The molecule has 7 aromatic rings. The van der Waals surface area contributed by atoms with E-state index in [1.165, 1.54) is 15.8 Å². The second-order valence-corrected chi connectivity index (χ2v) is 14.5. The lowest BCUT2D eigenvalue weighted by atomic mass is 9.12. The van der Waals surface area contributed by atoms with Crippen molar-refractivity contribution < 1.29 is 92.4 Å². The Morgan fingerprint density at radius 3 is 0.919 bits per heavy atom. The third kappa shape index (κ3) is 6.90. The molecular formula is C38H12BF20NS2. The lowest BCUT2D eigenvalue weighted by molar-refractivity contribution is -0.693. The molecule has 1 heterocycles. The lowest BCUT2D eigenvalue weighted by Gasteiger charge is -2.44. The largest absolute Gasteiger partial charge is 0.295 e. The van der Waals surface area contributed by atoms with Crippen molar-refractivity contribution in [3.05, 3.63) is 177 Å². The first-order chi connectivity index (χ1) is 29.0. The average molecular weight is 937 g/mol. The summed E-state index contributed by atoms with van der Waals surface area (Å²) in [6.45, 7) is 0.879. The fourth-order valence-electron chi connectivity index (χ4n) is 6.82. The quantitative estimate of drug-likeness (QED) is 0.0424. The number of benzene rings is 6. The highest BCUT2D eigenvalue weighted by Gasteiger charge is 2.52. The van der Waals surface area contributed by atoms with E-state index in [9.17, 15) is 52.7 Å².